The molecule has 1 aromatic carbocycles. The molecule has 0 bridgehead atoms. The predicted octanol–water partition coefficient (Wildman–Crippen LogP) is 3.40. The molecule has 0 aliphatic heterocycles. The fourth-order valence-electron chi connectivity index (χ4n) is 1.79. The molecule has 3 nitrogen and oxygen atoms in total. The predicted molar refractivity (Wildman–Crippen MR) is 63.3 cm³/mol. The summed E-state index contributed by atoms with van der Waals surface area (Å²) < 4.78 is 16.2. The molecular weight excluding hydrogens is 204 g/mol. The third-order valence-corrected chi connectivity index (χ3v) is 2.57. The Balaban J connectivity index is 2.51. The second-order valence-corrected chi connectivity index (χ2v) is 3.71. The summed E-state index contributed by atoms with van der Waals surface area (Å²) in [6.45, 7) is 2.13. The maximum Gasteiger partial charge on any atom is 0.164 e. The van der Waals surface area contributed by atoms with Crippen molar-refractivity contribution in [2.75, 3.05) is 14.2 Å². The Morgan fingerprint density at radius 3 is 2.38 bits per heavy atom. The molecule has 0 aliphatic rings. The van der Waals surface area contributed by atoms with E-state index >= 15 is 0 Å². The highest BCUT2D eigenvalue weighted by Gasteiger charge is 2.09. The largest absolute Gasteiger partial charge is 0.493 e. The normalized spacial score (nSPS) is 10.7. The van der Waals surface area contributed by atoms with Crippen LogP contribution in [-0.4, -0.2) is 14.2 Å². The average molecular weight is 220 g/mol. The van der Waals surface area contributed by atoms with Gasteiger partial charge in [0.1, 0.15) is 11.3 Å². The third kappa shape index (κ3) is 1.85. The summed E-state index contributed by atoms with van der Waals surface area (Å²) in [5.74, 6) is 2.44. The molecule has 0 N–H and O–H groups in total. The molecule has 2 aromatic rings. The van der Waals surface area contributed by atoms with Crippen LogP contribution in [-0.2, 0) is 6.42 Å². The highest BCUT2D eigenvalue weighted by atomic mass is 16.5. The molecule has 3 heteroatoms. The van der Waals surface area contributed by atoms with Gasteiger partial charge in [0.25, 0.3) is 0 Å². The Morgan fingerprint density at radius 1 is 1.06 bits per heavy atom. The van der Waals surface area contributed by atoms with Gasteiger partial charge in [-0.3, -0.25) is 0 Å². The minimum Gasteiger partial charge on any atom is -0.493 e. The highest BCUT2D eigenvalue weighted by molar-refractivity contribution is 5.82. The summed E-state index contributed by atoms with van der Waals surface area (Å²) in [6, 6.07) is 5.87. The van der Waals surface area contributed by atoms with Gasteiger partial charge in [-0.25, -0.2) is 0 Å². The monoisotopic (exact) mass is 220 g/mol. The standard InChI is InChI=1S/C13H16O3/c1-4-5-10-6-9-7-12(14-2)13(15-3)8-11(9)16-10/h6-8H,4-5H2,1-3H3. The zero-order chi connectivity index (χ0) is 11.5. The smallest absolute Gasteiger partial charge is 0.164 e. The molecule has 0 spiro atoms. The molecule has 0 fully saturated rings. The lowest BCUT2D eigenvalue weighted by atomic mass is 10.2. The van der Waals surface area contributed by atoms with Gasteiger partial charge in [0, 0.05) is 17.9 Å². The highest BCUT2D eigenvalue weighted by Crippen LogP contribution is 2.33. The van der Waals surface area contributed by atoms with E-state index in [1.165, 1.54) is 0 Å². The molecule has 0 radical (unpaired) electrons. The van der Waals surface area contributed by atoms with E-state index < -0.39 is 0 Å². The maximum absolute atomic E-state index is 5.71. The van der Waals surface area contributed by atoms with Crippen LogP contribution < -0.4 is 9.47 Å². The Kier molecular flexibility index (Phi) is 3.04. The summed E-state index contributed by atoms with van der Waals surface area (Å²) in [4.78, 5) is 0. The molecule has 0 aliphatic carbocycles. The second kappa shape index (κ2) is 4.47. The van der Waals surface area contributed by atoms with Crippen LogP contribution in [0.3, 0.4) is 0 Å². The zero-order valence-electron chi connectivity index (χ0n) is 9.87. The van der Waals surface area contributed by atoms with Crippen LogP contribution >= 0.6 is 0 Å². The molecular formula is C13H16O3. The molecule has 0 atom stereocenters. The zero-order valence-corrected chi connectivity index (χ0v) is 9.87. The van der Waals surface area contributed by atoms with Gasteiger partial charge >= 0.3 is 0 Å². The molecule has 0 amide bonds. The Labute approximate surface area is 95.0 Å². The van der Waals surface area contributed by atoms with Gasteiger partial charge in [0.05, 0.1) is 14.2 Å². The third-order valence-electron chi connectivity index (χ3n) is 2.57. The van der Waals surface area contributed by atoms with Gasteiger partial charge in [0.2, 0.25) is 0 Å². The lowest BCUT2D eigenvalue weighted by Gasteiger charge is -2.06. The molecule has 16 heavy (non-hydrogen) atoms. The van der Waals surface area contributed by atoms with Crippen molar-refractivity contribution in [2.24, 2.45) is 0 Å². The number of rotatable bonds is 4. The Hall–Kier alpha value is -1.64. The number of methoxy groups -OCH3 is 2. The van der Waals surface area contributed by atoms with Gasteiger partial charge in [-0.1, -0.05) is 6.92 Å². The van der Waals surface area contributed by atoms with E-state index in [1.54, 1.807) is 14.2 Å². The van der Waals surface area contributed by atoms with Crippen molar-refractivity contribution in [1.82, 2.24) is 0 Å². The molecule has 86 valence electrons. The van der Waals surface area contributed by atoms with E-state index in [9.17, 15) is 0 Å². The van der Waals surface area contributed by atoms with Gasteiger partial charge < -0.3 is 13.9 Å². The summed E-state index contributed by atoms with van der Waals surface area (Å²) in [5, 5.41) is 1.06. The van der Waals surface area contributed by atoms with Crippen LogP contribution in [0.5, 0.6) is 11.5 Å². The van der Waals surface area contributed by atoms with Crippen molar-refractivity contribution >= 4 is 11.0 Å². The molecule has 0 unspecified atom stereocenters. The number of hydrogen-bond acceptors (Lipinski definition) is 3. The molecule has 1 aromatic heterocycles. The van der Waals surface area contributed by atoms with E-state index in [4.69, 9.17) is 13.9 Å². The fraction of sp³-hybridized carbons (Fsp3) is 0.385. The first-order valence-electron chi connectivity index (χ1n) is 5.43. The van der Waals surface area contributed by atoms with Gasteiger partial charge in [0.15, 0.2) is 11.5 Å². The van der Waals surface area contributed by atoms with Crippen molar-refractivity contribution in [3.05, 3.63) is 24.0 Å². The van der Waals surface area contributed by atoms with E-state index in [0.29, 0.717) is 5.75 Å². The van der Waals surface area contributed by atoms with Crippen molar-refractivity contribution in [3.8, 4) is 11.5 Å². The molecule has 0 saturated heterocycles. The number of benzene rings is 1. The van der Waals surface area contributed by atoms with Crippen LogP contribution in [0.1, 0.15) is 19.1 Å². The van der Waals surface area contributed by atoms with Crippen LogP contribution in [0.2, 0.25) is 0 Å². The number of ether oxygens (including phenoxy) is 2. The van der Waals surface area contributed by atoms with E-state index in [0.717, 1.165) is 35.3 Å². The topological polar surface area (TPSA) is 31.6 Å². The van der Waals surface area contributed by atoms with Crippen LogP contribution in [0, 0.1) is 0 Å². The number of hydrogen-bond donors (Lipinski definition) is 0. The van der Waals surface area contributed by atoms with Gasteiger partial charge in [-0.2, -0.15) is 0 Å². The summed E-state index contributed by atoms with van der Waals surface area (Å²) in [7, 11) is 3.26. The fourth-order valence-corrected chi connectivity index (χ4v) is 1.79. The first kappa shape index (κ1) is 10.9. The van der Waals surface area contributed by atoms with Crippen molar-refractivity contribution in [3.63, 3.8) is 0 Å². The average Bonchev–Trinajstić information content (AvgIpc) is 2.68. The number of furan rings is 1. The summed E-state index contributed by atoms with van der Waals surface area (Å²) in [5.41, 5.74) is 0.848. The SMILES string of the molecule is CCCc1cc2cc(OC)c(OC)cc2o1. The Bertz CT molecular complexity index is 444. The minimum atomic E-state index is 0.701. The Morgan fingerprint density at radius 2 is 1.75 bits per heavy atom. The first-order valence-corrected chi connectivity index (χ1v) is 5.43. The van der Waals surface area contributed by atoms with Crippen molar-refractivity contribution in [1.29, 1.82) is 0 Å². The van der Waals surface area contributed by atoms with E-state index in [-0.39, 0.29) is 0 Å². The van der Waals surface area contributed by atoms with Crippen molar-refractivity contribution in [2.45, 2.75) is 19.8 Å². The van der Waals surface area contributed by atoms with Gasteiger partial charge in [-0.05, 0) is 18.6 Å². The lowest BCUT2D eigenvalue weighted by molar-refractivity contribution is 0.355. The molecule has 2 rings (SSSR count). The van der Waals surface area contributed by atoms with E-state index in [1.807, 2.05) is 12.1 Å². The van der Waals surface area contributed by atoms with E-state index in [2.05, 4.69) is 13.0 Å². The van der Waals surface area contributed by atoms with Crippen molar-refractivity contribution < 1.29 is 13.9 Å². The lowest BCUT2D eigenvalue weighted by Crippen LogP contribution is -1.89. The van der Waals surface area contributed by atoms with Crippen LogP contribution in [0.25, 0.3) is 11.0 Å². The first-order chi connectivity index (χ1) is 7.78. The van der Waals surface area contributed by atoms with Gasteiger partial charge in [-0.15, -0.1) is 0 Å². The quantitative estimate of drug-likeness (QED) is 0.791. The maximum atomic E-state index is 5.71. The molecule has 0 saturated carbocycles. The van der Waals surface area contributed by atoms with Crippen LogP contribution in [0.4, 0.5) is 0 Å². The minimum absolute atomic E-state index is 0.701. The van der Waals surface area contributed by atoms with Crippen LogP contribution in [0.15, 0.2) is 22.6 Å². The number of aryl methyl sites for hydroxylation is 1. The molecule has 1 heterocycles. The summed E-state index contributed by atoms with van der Waals surface area (Å²) >= 11 is 0. The number of fused-ring (bicyclic) bond motifs is 1. The summed E-state index contributed by atoms with van der Waals surface area (Å²) in [6.07, 6.45) is 2.04. The second-order valence-electron chi connectivity index (χ2n) is 3.71.